The summed E-state index contributed by atoms with van der Waals surface area (Å²) in [5, 5.41) is 10.4. The summed E-state index contributed by atoms with van der Waals surface area (Å²) in [5.74, 6) is 0.203. The fourth-order valence-electron chi connectivity index (χ4n) is 6.18. The first-order chi connectivity index (χ1) is 15.0. The lowest BCUT2D eigenvalue weighted by Crippen LogP contribution is -2.51. The van der Waals surface area contributed by atoms with Gasteiger partial charge in [0.15, 0.2) is 14.0 Å². The van der Waals surface area contributed by atoms with Gasteiger partial charge in [-0.25, -0.2) is 9.78 Å². The van der Waals surface area contributed by atoms with E-state index < -0.39 is 14.3 Å². The molecular weight excluding hydrogens is 442 g/mol. The van der Waals surface area contributed by atoms with E-state index in [-0.39, 0.29) is 11.7 Å². The molecule has 1 amide bonds. The highest BCUT2D eigenvalue weighted by molar-refractivity contribution is 6.82. The number of halogens is 1. The Bertz CT molecular complexity index is 972. The quantitative estimate of drug-likeness (QED) is 0.356. The van der Waals surface area contributed by atoms with E-state index in [0.717, 1.165) is 11.0 Å². The van der Waals surface area contributed by atoms with Crippen LogP contribution in [0.15, 0.2) is 18.5 Å². The Balaban J connectivity index is 1.98. The smallest absolute Gasteiger partial charge is 0.407 e. The molecule has 1 aliphatic heterocycles. The number of carboxylic acid groups (broad SMARTS) is 1. The fourth-order valence-corrected chi connectivity index (χ4v) is 13.0. The van der Waals surface area contributed by atoms with Gasteiger partial charge in [0.1, 0.15) is 5.65 Å². The minimum atomic E-state index is -2.01. The Hall–Kier alpha value is -1.86. The monoisotopic (exact) mass is 477 g/mol. The molecule has 0 radical (unpaired) electrons. The Morgan fingerprint density at radius 1 is 1.12 bits per heavy atom. The highest BCUT2D eigenvalue weighted by atomic mass is 35.5. The molecule has 0 aliphatic carbocycles. The second kappa shape index (κ2) is 9.55. The van der Waals surface area contributed by atoms with Crippen LogP contribution in [0.2, 0.25) is 21.6 Å². The Morgan fingerprint density at radius 2 is 1.69 bits per heavy atom. The van der Waals surface area contributed by atoms with Crippen LogP contribution in [0.4, 0.5) is 4.79 Å². The summed E-state index contributed by atoms with van der Waals surface area (Å²) in [5.41, 5.74) is 2.95. The van der Waals surface area contributed by atoms with Crippen molar-refractivity contribution in [3.8, 4) is 0 Å². The molecule has 0 atom stereocenters. The summed E-state index contributed by atoms with van der Waals surface area (Å²) in [6, 6.07) is 2.02. The average molecular weight is 478 g/mol. The molecule has 3 rings (SSSR count). The molecule has 0 aromatic carbocycles. The van der Waals surface area contributed by atoms with Crippen LogP contribution < -0.4 is 0 Å². The number of hydrogen-bond donors (Lipinski definition) is 1. The van der Waals surface area contributed by atoms with Gasteiger partial charge < -0.3 is 14.2 Å². The molecule has 0 unspecified atom stereocenters. The highest BCUT2D eigenvalue weighted by Crippen LogP contribution is 2.44. The number of Topliss-reactive ketones (excluding diaryl/α,β-unsaturated/α-hetero) is 1. The van der Waals surface area contributed by atoms with Crippen molar-refractivity contribution in [1.82, 2.24) is 14.1 Å². The fraction of sp³-hybridized carbons (Fsp3) is 0.625. The molecule has 1 aliphatic rings. The van der Waals surface area contributed by atoms with Crippen LogP contribution in [-0.4, -0.2) is 52.4 Å². The lowest BCUT2D eigenvalue weighted by Gasteiger charge is -2.44. The van der Waals surface area contributed by atoms with Crippen molar-refractivity contribution < 1.29 is 14.7 Å². The first kappa shape index (κ1) is 24.8. The summed E-state index contributed by atoms with van der Waals surface area (Å²) < 4.78 is 2.40. The lowest BCUT2D eigenvalue weighted by molar-refractivity contribution is 0.0922. The summed E-state index contributed by atoms with van der Waals surface area (Å²) in [4.78, 5) is 30.7. The first-order valence-corrected chi connectivity index (χ1v) is 14.2. The van der Waals surface area contributed by atoms with Gasteiger partial charge in [-0.3, -0.25) is 4.79 Å². The van der Waals surface area contributed by atoms with E-state index in [1.165, 1.54) is 4.90 Å². The van der Waals surface area contributed by atoms with Crippen LogP contribution in [0.25, 0.3) is 11.0 Å². The molecule has 0 saturated carbocycles. The molecule has 6 nitrogen and oxygen atoms in total. The van der Waals surface area contributed by atoms with Crippen LogP contribution >= 0.6 is 11.6 Å². The van der Waals surface area contributed by atoms with Crippen LogP contribution in [0, 0.1) is 5.92 Å². The number of rotatable bonds is 7. The van der Waals surface area contributed by atoms with Crippen molar-refractivity contribution in [2.24, 2.45) is 5.92 Å². The van der Waals surface area contributed by atoms with Crippen molar-refractivity contribution in [3.63, 3.8) is 0 Å². The Kier molecular flexibility index (Phi) is 7.40. The predicted molar refractivity (Wildman–Crippen MR) is 132 cm³/mol. The van der Waals surface area contributed by atoms with E-state index in [4.69, 9.17) is 21.7 Å². The van der Waals surface area contributed by atoms with E-state index in [0.29, 0.717) is 59.6 Å². The zero-order valence-corrected chi connectivity index (χ0v) is 21.8. The molecule has 2 aromatic rings. The summed E-state index contributed by atoms with van der Waals surface area (Å²) >= 11 is 6.52. The number of piperidine rings is 1. The number of aromatic nitrogens is 2. The van der Waals surface area contributed by atoms with Crippen LogP contribution in [0.3, 0.4) is 0 Å². The standard InChI is InChI=1S/C24H36ClN3O3Si/c1-15(2)32(16(3)4,17(5)6)28-12-9-19-22(20(25)14-26-23(19)28)21(29)13-18-7-10-27(11-8-18)24(30)31/h9,12,14-18H,7-8,10-11,13H2,1-6H3,(H,30,31). The van der Waals surface area contributed by atoms with Crippen molar-refractivity contribution in [3.05, 3.63) is 29.0 Å². The number of hydrogen-bond acceptors (Lipinski definition) is 3. The first-order valence-electron chi connectivity index (χ1n) is 11.7. The van der Waals surface area contributed by atoms with Gasteiger partial charge in [-0.15, -0.1) is 0 Å². The Labute approximate surface area is 197 Å². The normalized spacial score (nSPS) is 16.0. The molecule has 1 saturated heterocycles. The molecule has 32 heavy (non-hydrogen) atoms. The highest BCUT2D eigenvalue weighted by Gasteiger charge is 2.46. The zero-order chi connectivity index (χ0) is 23.8. The van der Waals surface area contributed by atoms with Crippen molar-refractivity contribution in [2.75, 3.05) is 13.1 Å². The van der Waals surface area contributed by atoms with Gasteiger partial charge in [0, 0.05) is 36.7 Å². The number of amides is 1. The third-order valence-corrected chi connectivity index (χ3v) is 14.5. The van der Waals surface area contributed by atoms with Crippen LogP contribution in [0.1, 0.15) is 71.2 Å². The number of fused-ring (bicyclic) bond motifs is 1. The number of pyridine rings is 1. The maximum Gasteiger partial charge on any atom is 0.407 e. The van der Waals surface area contributed by atoms with Gasteiger partial charge in [0.2, 0.25) is 0 Å². The molecule has 176 valence electrons. The topological polar surface area (TPSA) is 75.4 Å². The Morgan fingerprint density at radius 3 is 2.19 bits per heavy atom. The number of carbonyl (C=O) groups is 2. The van der Waals surface area contributed by atoms with E-state index in [9.17, 15) is 9.59 Å². The maximum atomic E-state index is 13.4. The molecule has 0 bridgehead atoms. The van der Waals surface area contributed by atoms with Gasteiger partial charge in [0.25, 0.3) is 0 Å². The van der Waals surface area contributed by atoms with Gasteiger partial charge in [0.05, 0.1) is 5.02 Å². The predicted octanol–water partition coefficient (Wildman–Crippen LogP) is 6.68. The van der Waals surface area contributed by atoms with Crippen LogP contribution in [0.5, 0.6) is 0 Å². The van der Waals surface area contributed by atoms with E-state index in [1.807, 2.05) is 6.07 Å². The maximum absolute atomic E-state index is 13.4. The molecule has 1 N–H and O–H groups in total. The number of likely N-dealkylation sites (tertiary alicyclic amines) is 1. The minimum Gasteiger partial charge on any atom is -0.465 e. The summed E-state index contributed by atoms with van der Waals surface area (Å²) in [6.45, 7) is 14.8. The van der Waals surface area contributed by atoms with Crippen molar-refractivity contribution >= 4 is 42.7 Å². The number of carbonyl (C=O) groups excluding carboxylic acids is 1. The van der Waals surface area contributed by atoms with Gasteiger partial charge in [-0.1, -0.05) is 53.1 Å². The SMILES string of the molecule is CC(C)[Si](C(C)C)(C(C)C)n1ccc2c(C(=O)CC3CCN(C(=O)O)CC3)c(Cl)cnc21. The largest absolute Gasteiger partial charge is 0.465 e. The third kappa shape index (κ3) is 4.21. The van der Waals surface area contributed by atoms with Crippen LogP contribution in [-0.2, 0) is 0 Å². The molecule has 3 heterocycles. The second-order valence-corrected chi connectivity index (χ2v) is 16.2. The summed E-state index contributed by atoms with van der Waals surface area (Å²) in [6.07, 6.45) is 4.66. The molecule has 0 spiro atoms. The number of nitrogens with zero attached hydrogens (tertiary/aromatic N) is 3. The van der Waals surface area contributed by atoms with E-state index in [1.54, 1.807) is 6.20 Å². The molecule has 2 aromatic heterocycles. The molecule has 8 heteroatoms. The van der Waals surface area contributed by atoms with Gasteiger partial charge >= 0.3 is 6.09 Å². The molecule has 1 fully saturated rings. The minimum absolute atomic E-state index is 0.0276. The van der Waals surface area contributed by atoms with E-state index >= 15 is 0 Å². The zero-order valence-electron chi connectivity index (χ0n) is 20.1. The van der Waals surface area contributed by atoms with Gasteiger partial charge in [-0.2, -0.15) is 0 Å². The third-order valence-electron chi connectivity index (χ3n) is 7.50. The van der Waals surface area contributed by atoms with Crippen molar-refractivity contribution in [2.45, 2.75) is 77.4 Å². The second-order valence-electron chi connectivity index (χ2n) is 10.1. The van der Waals surface area contributed by atoms with Gasteiger partial charge in [-0.05, 0) is 47.6 Å². The summed E-state index contributed by atoms with van der Waals surface area (Å²) in [7, 11) is -2.01. The van der Waals surface area contributed by atoms with E-state index in [2.05, 4.69) is 52.0 Å². The lowest BCUT2D eigenvalue weighted by atomic mass is 9.89. The average Bonchev–Trinajstić information content (AvgIpc) is 3.11. The number of ketones is 1. The molecular formula is C24H36ClN3O3Si. The van der Waals surface area contributed by atoms with Crippen molar-refractivity contribution in [1.29, 1.82) is 0 Å².